The van der Waals surface area contributed by atoms with Crippen LogP contribution in [-0.4, -0.2) is 40.5 Å². The lowest BCUT2D eigenvalue weighted by atomic mass is 10.1. The normalized spacial score (nSPS) is 16.9. The zero-order valence-electron chi connectivity index (χ0n) is 11.3. The summed E-state index contributed by atoms with van der Waals surface area (Å²) in [7, 11) is 0. The molecule has 104 valence electrons. The predicted molar refractivity (Wildman–Crippen MR) is 72.9 cm³/mol. The molecule has 1 aromatic rings. The van der Waals surface area contributed by atoms with Crippen molar-refractivity contribution in [3.05, 3.63) is 24.0 Å². The van der Waals surface area contributed by atoms with Crippen molar-refractivity contribution in [2.24, 2.45) is 0 Å². The van der Waals surface area contributed by atoms with E-state index in [-0.39, 0.29) is 5.91 Å². The topological polar surface area (TPSA) is 71.8 Å². The maximum Gasteiger partial charge on any atom is 0.273 e. The zero-order chi connectivity index (χ0) is 13.5. The quantitative estimate of drug-likeness (QED) is 0.611. The second-order valence-electron chi connectivity index (χ2n) is 4.68. The fraction of sp³-hybridized carbons (Fsp3) is 0.615. The van der Waals surface area contributed by atoms with E-state index in [1.54, 1.807) is 6.20 Å². The third-order valence-corrected chi connectivity index (χ3v) is 3.26. The number of hydrogen-bond acceptors (Lipinski definition) is 4. The molecule has 0 atom stereocenters. The number of hydrogen-bond donors (Lipinski definition) is 2. The molecule has 6 nitrogen and oxygen atoms in total. The van der Waals surface area contributed by atoms with Gasteiger partial charge in [-0.1, -0.05) is 17.4 Å². The van der Waals surface area contributed by atoms with Gasteiger partial charge in [0.05, 0.1) is 12.2 Å². The molecular weight excluding hydrogens is 242 g/mol. The molecule has 2 N–H and O–H groups in total. The summed E-state index contributed by atoms with van der Waals surface area (Å²) in [5.41, 5.74) is 0.402. The molecule has 6 heteroatoms. The van der Waals surface area contributed by atoms with Crippen molar-refractivity contribution in [3.63, 3.8) is 0 Å². The molecule has 0 radical (unpaired) electrons. The van der Waals surface area contributed by atoms with Crippen LogP contribution in [0.15, 0.2) is 18.3 Å². The van der Waals surface area contributed by atoms with Crippen LogP contribution >= 0.6 is 0 Å². The van der Waals surface area contributed by atoms with Crippen molar-refractivity contribution in [1.29, 1.82) is 0 Å². The Hall–Kier alpha value is -1.69. The van der Waals surface area contributed by atoms with Gasteiger partial charge in [-0.15, -0.1) is 5.10 Å². The molecule has 0 aromatic carbocycles. The van der Waals surface area contributed by atoms with Crippen LogP contribution in [0.1, 0.15) is 42.7 Å². The van der Waals surface area contributed by atoms with E-state index in [1.165, 1.54) is 0 Å². The van der Waals surface area contributed by atoms with Crippen LogP contribution in [0.25, 0.3) is 0 Å². The summed E-state index contributed by atoms with van der Waals surface area (Å²) in [6.07, 6.45) is 8.65. The van der Waals surface area contributed by atoms with Crippen LogP contribution in [0.4, 0.5) is 0 Å². The molecule has 0 unspecified atom stereocenters. The molecule has 1 aliphatic rings. The lowest BCUT2D eigenvalue weighted by Crippen LogP contribution is -2.29. The van der Waals surface area contributed by atoms with Gasteiger partial charge >= 0.3 is 0 Å². The third-order valence-electron chi connectivity index (χ3n) is 3.26. The average Bonchev–Trinajstić information content (AvgIpc) is 2.94. The summed E-state index contributed by atoms with van der Waals surface area (Å²) in [4.78, 5) is 11.8. The minimum Gasteiger partial charge on any atom is -0.350 e. The van der Waals surface area contributed by atoms with E-state index in [2.05, 4.69) is 20.9 Å². The molecular formula is C13H21N5O. The molecule has 0 spiro atoms. The molecule has 0 aliphatic carbocycles. The Labute approximate surface area is 113 Å². The van der Waals surface area contributed by atoms with Crippen molar-refractivity contribution in [2.45, 2.75) is 32.2 Å². The molecule has 0 bridgehead atoms. The van der Waals surface area contributed by atoms with Gasteiger partial charge in [-0.25, -0.2) is 4.68 Å². The van der Waals surface area contributed by atoms with Gasteiger partial charge in [-0.2, -0.15) is 0 Å². The number of amides is 1. The Kier molecular flexibility index (Phi) is 5.09. The highest BCUT2D eigenvalue weighted by molar-refractivity contribution is 5.91. The number of nitrogens with one attached hydrogen (secondary N) is 2. The molecule has 1 saturated heterocycles. The average molecular weight is 263 g/mol. The Morgan fingerprint density at radius 3 is 3.11 bits per heavy atom. The Morgan fingerprint density at radius 1 is 1.58 bits per heavy atom. The molecule has 1 amide bonds. The lowest BCUT2D eigenvalue weighted by molar-refractivity contribution is 0.0949. The van der Waals surface area contributed by atoms with Gasteiger partial charge in [-0.3, -0.25) is 4.79 Å². The monoisotopic (exact) mass is 263 g/mol. The fourth-order valence-corrected chi connectivity index (χ4v) is 2.16. The number of nitrogens with zero attached hydrogens (tertiary/aromatic N) is 3. The molecule has 1 aliphatic heterocycles. The second kappa shape index (κ2) is 7.04. The van der Waals surface area contributed by atoms with Crippen LogP contribution in [-0.2, 0) is 0 Å². The number of carbonyl (C=O) groups is 1. The number of aromatic nitrogens is 3. The van der Waals surface area contributed by atoms with E-state index in [4.69, 9.17) is 0 Å². The smallest absolute Gasteiger partial charge is 0.273 e. The zero-order valence-corrected chi connectivity index (χ0v) is 11.3. The number of allylic oxidation sites excluding steroid dienone is 1. The molecule has 1 aromatic heterocycles. The highest BCUT2D eigenvalue weighted by Crippen LogP contribution is 2.16. The van der Waals surface area contributed by atoms with Crippen LogP contribution in [0, 0.1) is 0 Å². The van der Waals surface area contributed by atoms with E-state index in [0.717, 1.165) is 32.4 Å². The summed E-state index contributed by atoms with van der Waals surface area (Å²) >= 11 is 0. The fourth-order valence-electron chi connectivity index (χ4n) is 2.16. The van der Waals surface area contributed by atoms with Crippen LogP contribution in [0.2, 0.25) is 0 Å². The standard InChI is InChI=1S/C13H21N5O/c1-2-3-4-7-15-13(19)12-10-18(17-16-12)11-5-8-14-9-6-11/h2-3,10-11,14H,4-9H2,1H3,(H,15,19)/b3-2+. The predicted octanol–water partition coefficient (Wildman–Crippen LogP) is 0.899. The summed E-state index contributed by atoms with van der Waals surface area (Å²) in [5, 5.41) is 14.2. The molecule has 2 heterocycles. The first-order chi connectivity index (χ1) is 9.31. The van der Waals surface area contributed by atoms with Crippen LogP contribution in [0.3, 0.4) is 0 Å². The van der Waals surface area contributed by atoms with Gasteiger partial charge in [-0.05, 0) is 39.3 Å². The first kappa shape index (κ1) is 13.7. The van der Waals surface area contributed by atoms with Gasteiger partial charge in [0.25, 0.3) is 5.91 Å². The maximum absolute atomic E-state index is 11.8. The van der Waals surface area contributed by atoms with Gasteiger partial charge in [0, 0.05) is 6.54 Å². The Balaban J connectivity index is 1.86. The summed E-state index contributed by atoms with van der Waals surface area (Å²) in [6, 6.07) is 0.360. The first-order valence-electron chi connectivity index (χ1n) is 6.83. The van der Waals surface area contributed by atoms with Gasteiger partial charge in [0.1, 0.15) is 0 Å². The lowest BCUT2D eigenvalue weighted by Gasteiger charge is -2.22. The number of rotatable bonds is 5. The van der Waals surface area contributed by atoms with Crippen LogP contribution < -0.4 is 10.6 Å². The van der Waals surface area contributed by atoms with Crippen molar-refractivity contribution in [1.82, 2.24) is 25.6 Å². The first-order valence-corrected chi connectivity index (χ1v) is 6.83. The van der Waals surface area contributed by atoms with E-state index in [0.29, 0.717) is 18.3 Å². The summed E-state index contributed by atoms with van der Waals surface area (Å²) < 4.78 is 1.82. The minimum absolute atomic E-state index is 0.148. The largest absolute Gasteiger partial charge is 0.350 e. The third kappa shape index (κ3) is 3.89. The van der Waals surface area contributed by atoms with E-state index >= 15 is 0 Å². The Morgan fingerprint density at radius 2 is 2.37 bits per heavy atom. The van der Waals surface area contributed by atoms with E-state index in [1.807, 2.05) is 23.8 Å². The highest BCUT2D eigenvalue weighted by Gasteiger charge is 2.18. The van der Waals surface area contributed by atoms with Crippen molar-refractivity contribution < 1.29 is 4.79 Å². The number of piperidine rings is 1. The summed E-state index contributed by atoms with van der Waals surface area (Å²) in [5.74, 6) is -0.148. The maximum atomic E-state index is 11.8. The van der Waals surface area contributed by atoms with E-state index in [9.17, 15) is 4.79 Å². The Bertz CT molecular complexity index is 434. The van der Waals surface area contributed by atoms with Gasteiger partial charge in [0.2, 0.25) is 0 Å². The highest BCUT2D eigenvalue weighted by atomic mass is 16.2. The molecule has 2 rings (SSSR count). The van der Waals surface area contributed by atoms with Crippen molar-refractivity contribution in [3.8, 4) is 0 Å². The van der Waals surface area contributed by atoms with Crippen molar-refractivity contribution >= 4 is 5.91 Å². The minimum atomic E-state index is -0.148. The van der Waals surface area contributed by atoms with E-state index < -0.39 is 0 Å². The van der Waals surface area contributed by atoms with Gasteiger partial charge in [0.15, 0.2) is 5.69 Å². The SMILES string of the molecule is C/C=C/CCNC(=O)c1cn(C2CCNCC2)nn1. The molecule has 19 heavy (non-hydrogen) atoms. The van der Waals surface area contributed by atoms with Crippen molar-refractivity contribution in [2.75, 3.05) is 19.6 Å². The molecule has 1 fully saturated rings. The summed E-state index contributed by atoms with van der Waals surface area (Å²) in [6.45, 7) is 4.58. The van der Waals surface area contributed by atoms with Crippen LogP contribution in [0.5, 0.6) is 0 Å². The number of carbonyl (C=O) groups excluding carboxylic acids is 1. The second-order valence-corrected chi connectivity index (χ2v) is 4.68. The molecule has 0 saturated carbocycles. The van der Waals surface area contributed by atoms with Gasteiger partial charge < -0.3 is 10.6 Å².